The third-order valence-corrected chi connectivity index (χ3v) is 3.87. The van der Waals surface area contributed by atoms with Crippen LogP contribution in [0.1, 0.15) is 23.6 Å². The molecule has 2 aromatic carbocycles. The van der Waals surface area contributed by atoms with E-state index in [1.807, 2.05) is 19.1 Å². The third-order valence-electron chi connectivity index (χ3n) is 3.59. The molecule has 0 amide bonds. The average Bonchev–Trinajstić information content (AvgIpc) is 2.55. The lowest BCUT2D eigenvalue weighted by Gasteiger charge is -2.16. The molecule has 3 nitrogen and oxygen atoms in total. The first-order valence-corrected chi connectivity index (χ1v) is 8.43. The molecule has 0 aromatic heterocycles. The predicted molar refractivity (Wildman–Crippen MR) is 102 cm³/mol. The smallest absolute Gasteiger partial charge is 0.180 e. The van der Waals surface area contributed by atoms with Gasteiger partial charge < -0.3 is 14.8 Å². The largest absolute Gasteiger partial charge is 0.490 e. The van der Waals surface area contributed by atoms with Gasteiger partial charge in [-0.3, -0.25) is 0 Å². The Hall–Kier alpha value is -2.13. The van der Waals surface area contributed by atoms with Crippen LogP contribution in [-0.2, 0) is 6.54 Å². The molecule has 0 fully saturated rings. The summed E-state index contributed by atoms with van der Waals surface area (Å²) in [6.45, 7) is 11.4. The molecule has 0 aliphatic rings. The summed E-state index contributed by atoms with van der Waals surface area (Å²) in [7, 11) is 0. The van der Waals surface area contributed by atoms with E-state index in [0.717, 1.165) is 11.3 Å². The Morgan fingerprint density at radius 3 is 2.67 bits per heavy atom. The normalized spacial score (nSPS) is 10.3. The third kappa shape index (κ3) is 4.68. The van der Waals surface area contributed by atoms with Gasteiger partial charge in [-0.05, 0) is 55.7 Å². The molecular weight excluding hydrogens is 322 g/mol. The first-order valence-electron chi connectivity index (χ1n) is 8.05. The number of benzene rings is 2. The summed E-state index contributed by atoms with van der Waals surface area (Å²) < 4.78 is 11.3. The van der Waals surface area contributed by atoms with Crippen LogP contribution in [0.2, 0.25) is 5.02 Å². The second-order valence-electron chi connectivity index (χ2n) is 5.61. The van der Waals surface area contributed by atoms with Gasteiger partial charge in [0.1, 0.15) is 6.61 Å². The minimum atomic E-state index is 0.389. The minimum absolute atomic E-state index is 0.389. The summed E-state index contributed by atoms with van der Waals surface area (Å²) in [4.78, 5) is 0. The van der Waals surface area contributed by atoms with Crippen LogP contribution < -0.4 is 14.8 Å². The molecule has 0 heterocycles. The molecule has 0 saturated carbocycles. The van der Waals surface area contributed by atoms with E-state index in [1.54, 1.807) is 6.08 Å². The van der Waals surface area contributed by atoms with Crippen molar-refractivity contribution in [3.05, 3.63) is 64.7 Å². The van der Waals surface area contributed by atoms with Crippen molar-refractivity contribution < 1.29 is 9.47 Å². The minimum Gasteiger partial charge on any atom is -0.490 e. The van der Waals surface area contributed by atoms with Crippen LogP contribution in [0.3, 0.4) is 0 Å². The van der Waals surface area contributed by atoms with Crippen LogP contribution in [0.5, 0.6) is 11.5 Å². The van der Waals surface area contributed by atoms with Gasteiger partial charge >= 0.3 is 0 Å². The van der Waals surface area contributed by atoms with E-state index in [1.165, 1.54) is 11.1 Å². The molecule has 1 N–H and O–H groups in total. The summed E-state index contributed by atoms with van der Waals surface area (Å²) >= 11 is 6.38. The Morgan fingerprint density at radius 1 is 1.17 bits per heavy atom. The highest BCUT2D eigenvalue weighted by molar-refractivity contribution is 6.32. The Balaban J connectivity index is 2.20. The highest BCUT2D eigenvalue weighted by atomic mass is 35.5. The van der Waals surface area contributed by atoms with Crippen LogP contribution in [0.25, 0.3) is 0 Å². The zero-order valence-electron chi connectivity index (χ0n) is 14.5. The first kappa shape index (κ1) is 18.2. The van der Waals surface area contributed by atoms with Gasteiger partial charge in [-0.2, -0.15) is 0 Å². The van der Waals surface area contributed by atoms with E-state index in [9.17, 15) is 0 Å². The van der Waals surface area contributed by atoms with Gasteiger partial charge in [0, 0.05) is 12.2 Å². The van der Waals surface area contributed by atoms with Gasteiger partial charge in [0.05, 0.1) is 11.6 Å². The number of ether oxygens (including phenoxy) is 2. The molecule has 0 aliphatic heterocycles. The molecule has 24 heavy (non-hydrogen) atoms. The molecule has 0 aliphatic carbocycles. The van der Waals surface area contributed by atoms with Crippen molar-refractivity contribution in [2.24, 2.45) is 0 Å². The highest BCUT2D eigenvalue weighted by Crippen LogP contribution is 2.37. The summed E-state index contributed by atoms with van der Waals surface area (Å²) in [6, 6.07) is 10.2. The monoisotopic (exact) mass is 345 g/mol. The fourth-order valence-electron chi connectivity index (χ4n) is 2.39. The van der Waals surface area contributed by atoms with E-state index in [2.05, 4.69) is 43.9 Å². The Morgan fingerprint density at radius 2 is 1.96 bits per heavy atom. The number of aryl methyl sites for hydroxylation is 2. The molecule has 2 rings (SSSR count). The maximum absolute atomic E-state index is 6.38. The summed E-state index contributed by atoms with van der Waals surface area (Å²) in [5.41, 5.74) is 4.60. The zero-order valence-corrected chi connectivity index (χ0v) is 15.2. The maximum atomic E-state index is 6.38. The van der Waals surface area contributed by atoms with Crippen LogP contribution in [0.4, 0.5) is 5.69 Å². The fraction of sp³-hybridized carbons (Fsp3) is 0.300. The second kappa shape index (κ2) is 8.65. The number of hydrogen-bond acceptors (Lipinski definition) is 3. The average molecular weight is 346 g/mol. The molecule has 2 aromatic rings. The van der Waals surface area contributed by atoms with Crippen molar-refractivity contribution in [2.45, 2.75) is 27.3 Å². The van der Waals surface area contributed by atoms with E-state index in [-0.39, 0.29) is 0 Å². The summed E-state index contributed by atoms with van der Waals surface area (Å²) in [5.74, 6) is 1.22. The number of hydrogen-bond donors (Lipinski definition) is 1. The van der Waals surface area contributed by atoms with E-state index >= 15 is 0 Å². The van der Waals surface area contributed by atoms with Gasteiger partial charge in [0.2, 0.25) is 0 Å². The van der Waals surface area contributed by atoms with Crippen molar-refractivity contribution in [3.8, 4) is 11.5 Å². The van der Waals surface area contributed by atoms with E-state index < -0.39 is 0 Å². The number of nitrogens with one attached hydrogen (secondary N) is 1. The molecule has 4 heteroatoms. The SMILES string of the molecule is C=CCOc1c(Cl)cc(CNc2cc(C)ccc2C)cc1OCC. The fourth-order valence-corrected chi connectivity index (χ4v) is 2.68. The summed E-state index contributed by atoms with van der Waals surface area (Å²) in [5, 5.41) is 4.00. The second-order valence-corrected chi connectivity index (χ2v) is 6.02. The van der Waals surface area contributed by atoms with Gasteiger partial charge in [0.15, 0.2) is 11.5 Å². The van der Waals surface area contributed by atoms with Gasteiger partial charge in [0.25, 0.3) is 0 Å². The molecule has 0 bridgehead atoms. The van der Waals surface area contributed by atoms with Crippen molar-refractivity contribution in [1.82, 2.24) is 0 Å². The van der Waals surface area contributed by atoms with Crippen LogP contribution in [0.15, 0.2) is 43.0 Å². The van der Waals surface area contributed by atoms with Crippen LogP contribution >= 0.6 is 11.6 Å². The van der Waals surface area contributed by atoms with Gasteiger partial charge in [-0.1, -0.05) is 36.4 Å². The van der Waals surface area contributed by atoms with Crippen LogP contribution in [0, 0.1) is 13.8 Å². The molecule has 0 unspecified atom stereocenters. The lowest BCUT2D eigenvalue weighted by atomic mass is 10.1. The van der Waals surface area contributed by atoms with E-state index in [4.69, 9.17) is 21.1 Å². The Labute approximate surface area is 149 Å². The predicted octanol–water partition coefficient (Wildman–Crippen LogP) is 5.53. The number of anilines is 1. The number of rotatable bonds is 8. The first-order chi connectivity index (χ1) is 11.5. The standard InChI is InChI=1S/C20H24ClNO2/c1-5-9-24-20-17(21)11-16(12-19(20)23-6-2)13-22-18-10-14(3)7-8-15(18)4/h5,7-8,10-12,22H,1,6,9,13H2,2-4H3. The number of halogens is 1. The highest BCUT2D eigenvalue weighted by Gasteiger charge is 2.12. The quantitative estimate of drug-likeness (QED) is 0.638. The summed E-state index contributed by atoms with van der Waals surface area (Å²) in [6.07, 6.45) is 1.68. The molecule has 128 valence electrons. The Bertz CT molecular complexity index is 713. The Kier molecular flexibility index (Phi) is 6.56. The van der Waals surface area contributed by atoms with Crippen LogP contribution in [-0.4, -0.2) is 13.2 Å². The molecule has 0 atom stereocenters. The topological polar surface area (TPSA) is 30.5 Å². The lowest BCUT2D eigenvalue weighted by molar-refractivity contribution is 0.297. The maximum Gasteiger partial charge on any atom is 0.180 e. The lowest BCUT2D eigenvalue weighted by Crippen LogP contribution is -2.04. The van der Waals surface area contributed by atoms with Gasteiger partial charge in [-0.25, -0.2) is 0 Å². The van der Waals surface area contributed by atoms with Crippen molar-refractivity contribution >= 4 is 17.3 Å². The van der Waals surface area contributed by atoms with E-state index in [0.29, 0.717) is 36.3 Å². The van der Waals surface area contributed by atoms with Crippen molar-refractivity contribution in [1.29, 1.82) is 0 Å². The molecule has 0 radical (unpaired) electrons. The molecule has 0 saturated heterocycles. The molecule has 0 spiro atoms. The van der Waals surface area contributed by atoms with Gasteiger partial charge in [-0.15, -0.1) is 0 Å². The molecular formula is C20H24ClNO2. The van der Waals surface area contributed by atoms with Crippen molar-refractivity contribution in [2.75, 3.05) is 18.5 Å². The van der Waals surface area contributed by atoms with Crippen molar-refractivity contribution in [3.63, 3.8) is 0 Å². The zero-order chi connectivity index (χ0) is 17.5.